The third kappa shape index (κ3) is 5.12. The van der Waals surface area contributed by atoms with E-state index in [1.165, 1.54) is 73.6 Å². The number of hydrogen-bond donors (Lipinski definition) is 0. The lowest BCUT2D eigenvalue weighted by molar-refractivity contribution is 0.183. The molecule has 0 nitrogen and oxygen atoms in total. The molecule has 3 aromatic carbocycles. The van der Waals surface area contributed by atoms with E-state index in [0.717, 1.165) is 11.8 Å². The zero-order chi connectivity index (χ0) is 21.5. The van der Waals surface area contributed by atoms with Crippen LogP contribution < -0.4 is 0 Å². The zero-order valence-electron chi connectivity index (χ0n) is 19.4. The summed E-state index contributed by atoms with van der Waals surface area (Å²) < 4.78 is 0. The van der Waals surface area contributed by atoms with E-state index in [1.807, 2.05) is 0 Å². The fraction of sp³-hybridized carbons (Fsp3) is 0.419. The van der Waals surface area contributed by atoms with Crippen molar-refractivity contribution in [1.82, 2.24) is 0 Å². The molecule has 162 valence electrons. The van der Waals surface area contributed by atoms with Crippen LogP contribution in [0.2, 0.25) is 0 Å². The molecule has 0 aliphatic heterocycles. The summed E-state index contributed by atoms with van der Waals surface area (Å²) in [5.41, 5.74) is 6.95. The SMILES string of the molecule is CCCCC1CCCCC1C(CC)c1ccccc1-c1ccc(-c2ccccc2)cc1. The van der Waals surface area contributed by atoms with Crippen LogP contribution in [-0.2, 0) is 0 Å². The maximum absolute atomic E-state index is 2.42. The Balaban J connectivity index is 1.64. The molecule has 0 spiro atoms. The van der Waals surface area contributed by atoms with Crippen LogP contribution >= 0.6 is 0 Å². The van der Waals surface area contributed by atoms with Crippen LogP contribution in [0, 0.1) is 11.8 Å². The molecule has 0 bridgehead atoms. The molecule has 0 heteroatoms. The van der Waals surface area contributed by atoms with E-state index in [0.29, 0.717) is 5.92 Å². The highest BCUT2D eigenvalue weighted by Crippen LogP contribution is 2.46. The van der Waals surface area contributed by atoms with Gasteiger partial charge in [-0.15, -0.1) is 0 Å². The maximum atomic E-state index is 2.42. The molecule has 0 amide bonds. The summed E-state index contributed by atoms with van der Waals surface area (Å²) in [4.78, 5) is 0. The summed E-state index contributed by atoms with van der Waals surface area (Å²) in [6.45, 7) is 4.75. The molecule has 3 unspecified atom stereocenters. The quantitative estimate of drug-likeness (QED) is 0.347. The molecule has 1 aliphatic carbocycles. The Morgan fingerprint density at radius 3 is 2.10 bits per heavy atom. The van der Waals surface area contributed by atoms with E-state index < -0.39 is 0 Å². The molecule has 4 rings (SSSR count). The zero-order valence-corrected chi connectivity index (χ0v) is 19.4. The van der Waals surface area contributed by atoms with Crippen molar-refractivity contribution in [3.8, 4) is 22.3 Å². The summed E-state index contributed by atoms with van der Waals surface area (Å²) in [6.07, 6.45) is 11.1. The summed E-state index contributed by atoms with van der Waals surface area (Å²) in [5, 5.41) is 0. The first-order valence-corrected chi connectivity index (χ1v) is 12.6. The first-order chi connectivity index (χ1) is 15.3. The second-order valence-corrected chi connectivity index (χ2v) is 9.40. The molecule has 1 aliphatic rings. The van der Waals surface area contributed by atoms with Gasteiger partial charge in [0.05, 0.1) is 0 Å². The van der Waals surface area contributed by atoms with Crippen LogP contribution in [0.4, 0.5) is 0 Å². The second-order valence-electron chi connectivity index (χ2n) is 9.40. The minimum atomic E-state index is 0.673. The Kier molecular flexibility index (Phi) is 7.62. The van der Waals surface area contributed by atoms with Gasteiger partial charge in [-0.05, 0) is 58.4 Å². The summed E-state index contributed by atoms with van der Waals surface area (Å²) in [6, 6.07) is 29.1. The van der Waals surface area contributed by atoms with E-state index in [1.54, 1.807) is 5.56 Å². The molecule has 31 heavy (non-hydrogen) atoms. The van der Waals surface area contributed by atoms with Crippen molar-refractivity contribution >= 4 is 0 Å². The Morgan fingerprint density at radius 1 is 0.710 bits per heavy atom. The minimum absolute atomic E-state index is 0.673. The molecule has 0 radical (unpaired) electrons. The van der Waals surface area contributed by atoms with E-state index in [9.17, 15) is 0 Å². The molecule has 0 heterocycles. The van der Waals surface area contributed by atoms with Crippen LogP contribution in [0.3, 0.4) is 0 Å². The van der Waals surface area contributed by atoms with E-state index in [4.69, 9.17) is 0 Å². The molecule has 3 atom stereocenters. The van der Waals surface area contributed by atoms with Gasteiger partial charge in [-0.1, -0.05) is 131 Å². The van der Waals surface area contributed by atoms with Gasteiger partial charge >= 0.3 is 0 Å². The summed E-state index contributed by atoms with van der Waals surface area (Å²) in [7, 11) is 0. The van der Waals surface area contributed by atoms with E-state index in [-0.39, 0.29) is 0 Å². The highest BCUT2D eigenvalue weighted by Gasteiger charge is 2.32. The van der Waals surface area contributed by atoms with Gasteiger partial charge in [-0.3, -0.25) is 0 Å². The van der Waals surface area contributed by atoms with Gasteiger partial charge in [-0.2, -0.15) is 0 Å². The average molecular weight is 411 g/mol. The number of hydrogen-bond acceptors (Lipinski definition) is 0. The largest absolute Gasteiger partial charge is 0.0654 e. The van der Waals surface area contributed by atoms with Crippen LogP contribution in [0.25, 0.3) is 22.3 Å². The van der Waals surface area contributed by atoms with Crippen molar-refractivity contribution in [1.29, 1.82) is 0 Å². The topological polar surface area (TPSA) is 0 Å². The van der Waals surface area contributed by atoms with Crippen molar-refractivity contribution in [3.63, 3.8) is 0 Å². The van der Waals surface area contributed by atoms with Crippen LogP contribution in [0.1, 0.15) is 76.7 Å². The molecule has 3 aromatic rings. The second kappa shape index (κ2) is 10.8. The normalized spacial score (nSPS) is 19.8. The molecule has 1 fully saturated rings. The van der Waals surface area contributed by atoms with Crippen LogP contribution in [-0.4, -0.2) is 0 Å². The lowest BCUT2D eigenvalue weighted by Gasteiger charge is -2.38. The Hall–Kier alpha value is -2.34. The van der Waals surface area contributed by atoms with Crippen molar-refractivity contribution in [2.24, 2.45) is 11.8 Å². The van der Waals surface area contributed by atoms with Gasteiger partial charge in [0.2, 0.25) is 0 Å². The van der Waals surface area contributed by atoms with Crippen molar-refractivity contribution in [2.45, 2.75) is 71.1 Å². The molecular weight excluding hydrogens is 372 g/mol. The summed E-state index contributed by atoms with van der Waals surface area (Å²) in [5.74, 6) is 2.43. The predicted octanol–water partition coefficient (Wildman–Crippen LogP) is 9.51. The van der Waals surface area contributed by atoms with Crippen LogP contribution in [0.5, 0.6) is 0 Å². The fourth-order valence-corrected chi connectivity index (χ4v) is 5.90. The first kappa shape index (κ1) is 21.9. The summed E-state index contributed by atoms with van der Waals surface area (Å²) >= 11 is 0. The highest BCUT2D eigenvalue weighted by molar-refractivity contribution is 5.72. The first-order valence-electron chi connectivity index (χ1n) is 12.6. The Morgan fingerprint density at radius 2 is 1.35 bits per heavy atom. The van der Waals surface area contributed by atoms with Crippen molar-refractivity contribution < 1.29 is 0 Å². The molecule has 0 aromatic heterocycles. The third-order valence-electron chi connectivity index (χ3n) is 7.52. The Labute approximate surface area is 189 Å². The number of benzene rings is 3. The Bertz CT molecular complexity index is 922. The smallest absolute Gasteiger partial charge is 0.0127 e. The van der Waals surface area contributed by atoms with Crippen molar-refractivity contribution in [3.05, 3.63) is 84.4 Å². The van der Waals surface area contributed by atoms with Gasteiger partial charge in [-0.25, -0.2) is 0 Å². The molecule has 1 saturated carbocycles. The minimum Gasteiger partial charge on any atom is -0.0654 e. The fourth-order valence-electron chi connectivity index (χ4n) is 5.90. The monoisotopic (exact) mass is 410 g/mol. The maximum Gasteiger partial charge on any atom is -0.0127 e. The average Bonchev–Trinajstić information content (AvgIpc) is 2.85. The van der Waals surface area contributed by atoms with Gasteiger partial charge in [0.25, 0.3) is 0 Å². The van der Waals surface area contributed by atoms with Gasteiger partial charge in [0.1, 0.15) is 0 Å². The van der Waals surface area contributed by atoms with E-state index in [2.05, 4.69) is 92.7 Å². The third-order valence-corrected chi connectivity index (χ3v) is 7.52. The lowest BCUT2D eigenvalue weighted by atomic mass is 9.67. The molecule has 0 saturated heterocycles. The predicted molar refractivity (Wildman–Crippen MR) is 135 cm³/mol. The van der Waals surface area contributed by atoms with E-state index >= 15 is 0 Å². The van der Waals surface area contributed by atoms with Gasteiger partial charge in [0.15, 0.2) is 0 Å². The number of rotatable bonds is 8. The molecular formula is C31H38. The van der Waals surface area contributed by atoms with Gasteiger partial charge < -0.3 is 0 Å². The van der Waals surface area contributed by atoms with Crippen molar-refractivity contribution in [2.75, 3.05) is 0 Å². The lowest BCUT2D eigenvalue weighted by Crippen LogP contribution is -2.26. The number of unbranched alkanes of at least 4 members (excludes halogenated alkanes) is 1. The van der Waals surface area contributed by atoms with Crippen LogP contribution in [0.15, 0.2) is 78.9 Å². The standard InChI is InChI=1S/C31H38/c1-3-5-13-26-16-9-10-17-29(26)28(4-2)31-19-12-11-18-30(31)27-22-20-25(21-23-27)24-14-7-6-8-15-24/h6-8,11-12,14-15,18-23,26,28-29H,3-5,9-10,13,16-17H2,1-2H3. The highest BCUT2D eigenvalue weighted by atomic mass is 14.4. The molecule has 0 N–H and O–H groups in total. The van der Waals surface area contributed by atoms with Gasteiger partial charge in [0, 0.05) is 0 Å².